The number of aromatic nitrogens is 2. The fraction of sp³-hybridized carbons (Fsp3) is 0.129. The highest BCUT2D eigenvalue weighted by atomic mass is 16.5. The number of nitrogens with zero attached hydrogens (tertiary/aromatic N) is 2. The molecule has 0 amide bonds. The van der Waals surface area contributed by atoms with Gasteiger partial charge in [-0.2, -0.15) is 0 Å². The third-order valence-corrected chi connectivity index (χ3v) is 6.02. The molecular weight excluding hydrogens is 462 g/mol. The number of anilines is 2. The average Bonchev–Trinajstić information content (AvgIpc) is 3.29. The highest BCUT2D eigenvalue weighted by Gasteiger charge is 2.16. The summed E-state index contributed by atoms with van der Waals surface area (Å²) in [5.41, 5.74) is 7.44. The van der Waals surface area contributed by atoms with E-state index in [1.54, 1.807) is 0 Å². The van der Waals surface area contributed by atoms with E-state index in [4.69, 9.17) is 14.2 Å². The Labute approximate surface area is 215 Å². The molecule has 184 valence electrons. The van der Waals surface area contributed by atoms with Crippen LogP contribution in [0.4, 0.5) is 11.5 Å². The fourth-order valence-electron chi connectivity index (χ4n) is 4.12. The Morgan fingerprint density at radius 2 is 1.49 bits per heavy atom. The molecule has 0 radical (unpaired) electrons. The van der Waals surface area contributed by atoms with Gasteiger partial charge >= 0.3 is 5.97 Å². The zero-order valence-electron chi connectivity index (χ0n) is 20.8. The summed E-state index contributed by atoms with van der Waals surface area (Å²) in [7, 11) is 0. The van der Waals surface area contributed by atoms with Gasteiger partial charge in [0, 0.05) is 11.1 Å². The first-order valence-corrected chi connectivity index (χ1v) is 12.2. The number of hydrogen-bond acceptors (Lipinski definition) is 6. The van der Waals surface area contributed by atoms with Crippen molar-refractivity contribution in [1.29, 1.82) is 0 Å². The maximum Gasteiger partial charge on any atom is 0.310 e. The van der Waals surface area contributed by atoms with E-state index >= 15 is 0 Å². The molecule has 3 aromatic carbocycles. The Morgan fingerprint density at radius 3 is 2.19 bits per heavy atom. The molecule has 0 fully saturated rings. The largest absolute Gasteiger partial charge is 0.466 e. The van der Waals surface area contributed by atoms with Gasteiger partial charge < -0.3 is 14.6 Å². The zero-order valence-corrected chi connectivity index (χ0v) is 20.8. The minimum absolute atomic E-state index is 0.214. The van der Waals surface area contributed by atoms with Crippen LogP contribution >= 0.6 is 0 Å². The Morgan fingerprint density at radius 1 is 0.811 bits per heavy atom. The molecule has 6 nitrogen and oxygen atoms in total. The highest BCUT2D eigenvalue weighted by Crippen LogP contribution is 2.34. The Kier molecular flexibility index (Phi) is 7.08. The molecule has 0 bridgehead atoms. The number of hydrogen-bond donors (Lipinski definition) is 1. The quantitative estimate of drug-likeness (QED) is 0.232. The monoisotopic (exact) mass is 489 g/mol. The minimum atomic E-state index is -0.214. The number of benzene rings is 3. The first kappa shape index (κ1) is 24.0. The van der Waals surface area contributed by atoms with Crippen molar-refractivity contribution >= 4 is 17.5 Å². The predicted octanol–water partition coefficient (Wildman–Crippen LogP) is 7.23. The van der Waals surface area contributed by atoms with Crippen molar-refractivity contribution in [3.05, 3.63) is 108 Å². The lowest BCUT2D eigenvalue weighted by Crippen LogP contribution is -2.07. The van der Waals surface area contributed by atoms with Gasteiger partial charge in [0.05, 0.1) is 18.7 Å². The Hall–Kier alpha value is -4.71. The van der Waals surface area contributed by atoms with Crippen LogP contribution in [0.25, 0.3) is 33.7 Å². The van der Waals surface area contributed by atoms with E-state index in [9.17, 15) is 4.79 Å². The number of carbonyl (C=O) groups is 1. The number of ether oxygens (including phenoxy) is 1. The summed E-state index contributed by atoms with van der Waals surface area (Å²) < 4.78 is 10.7. The van der Waals surface area contributed by atoms with Crippen LogP contribution in [0.15, 0.2) is 102 Å². The summed E-state index contributed by atoms with van der Waals surface area (Å²) in [6, 6.07) is 32.0. The number of pyridine rings is 1. The summed E-state index contributed by atoms with van der Waals surface area (Å²) in [5.74, 6) is 1.16. The van der Waals surface area contributed by atoms with Crippen molar-refractivity contribution in [3.63, 3.8) is 0 Å². The van der Waals surface area contributed by atoms with Crippen LogP contribution in [0.1, 0.15) is 18.2 Å². The summed E-state index contributed by atoms with van der Waals surface area (Å²) in [5, 5.41) is 7.60. The van der Waals surface area contributed by atoms with Gasteiger partial charge in [0.1, 0.15) is 17.2 Å². The lowest BCUT2D eigenvalue weighted by atomic mass is 10.0. The van der Waals surface area contributed by atoms with Crippen LogP contribution < -0.4 is 5.32 Å². The van der Waals surface area contributed by atoms with Crippen molar-refractivity contribution in [3.8, 4) is 33.7 Å². The lowest BCUT2D eigenvalue weighted by Gasteiger charge is -2.09. The molecule has 37 heavy (non-hydrogen) atoms. The molecule has 0 saturated heterocycles. The molecule has 0 aliphatic rings. The van der Waals surface area contributed by atoms with E-state index < -0.39 is 0 Å². The van der Waals surface area contributed by atoms with Crippen molar-refractivity contribution in [2.45, 2.75) is 20.3 Å². The maximum atomic E-state index is 11.7. The molecule has 5 rings (SSSR count). The Bertz CT molecular complexity index is 1490. The molecule has 0 atom stereocenters. The van der Waals surface area contributed by atoms with Crippen LogP contribution in [0.2, 0.25) is 0 Å². The second-order valence-electron chi connectivity index (χ2n) is 8.63. The first-order chi connectivity index (χ1) is 18.1. The number of rotatable bonds is 8. The van der Waals surface area contributed by atoms with Crippen LogP contribution in [-0.4, -0.2) is 22.7 Å². The summed E-state index contributed by atoms with van der Waals surface area (Å²) in [6.45, 7) is 4.11. The van der Waals surface area contributed by atoms with Crippen LogP contribution in [-0.2, 0) is 16.0 Å². The molecule has 6 heteroatoms. The lowest BCUT2D eigenvalue weighted by molar-refractivity contribution is -0.142. The van der Waals surface area contributed by atoms with Crippen molar-refractivity contribution in [2.24, 2.45) is 0 Å². The van der Waals surface area contributed by atoms with Crippen LogP contribution in [0, 0.1) is 6.92 Å². The minimum Gasteiger partial charge on any atom is -0.466 e. The van der Waals surface area contributed by atoms with E-state index in [2.05, 4.69) is 10.5 Å². The number of aryl methyl sites for hydroxylation is 1. The van der Waals surface area contributed by atoms with E-state index in [1.165, 1.54) is 0 Å². The molecule has 2 aromatic heterocycles. The second kappa shape index (κ2) is 10.9. The summed E-state index contributed by atoms with van der Waals surface area (Å²) >= 11 is 0. The Balaban J connectivity index is 1.34. The van der Waals surface area contributed by atoms with Gasteiger partial charge in [-0.1, -0.05) is 90.1 Å². The SMILES string of the molecule is CCOC(=O)Cc1ccc(-c2ccc(-c3onc(C)c3Nc3cccc(-c4ccccc4)n3)cc2)cc1. The third kappa shape index (κ3) is 5.59. The maximum absolute atomic E-state index is 11.7. The molecule has 0 aliphatic carbocycles. The number of carbonyl (C=O) groups excluding carboxylic acids is 1. The summed E-state index contributed by atoms with van der Waals surface area (Å²) in [6.07, 6.45) is 0.275. The number of nitrogens with one attached hydrogen (secondary N) is 1. The van der Waals surface area contributed by atoms with Gasteiger partial charge in [-0.05, 0) is 42.7 Å². The van der Waals surface area contributed by atoms with Crippen LogP contribution in [0.5, 0.6) is 0 Å². The third-order valence-electron chi connectivity index (χ3n) is 6.02. The van der Waals surface area contributed by atoms with Gasteiger partial charge in [0.25, 0.3) is 0 Å². The van der Waals surface area contributed by atoms with Gasteiger partial charge in [-0.15, -0.1) is 0 Å². The van der Waals surface area contributed by atoms with Gasteiger partial charge in [0.2, 0.25) is 0 Å². The topological polar surface area (TPSA) is 77.2 Å². The number of esters is 1. The molecule has 0 saturated carbocycles. The zero-order chi connectivity index (χ0) is 25.6. The standard InChI is InChI=1S/C31H27N3O3/c1-3-36-29(35)20-22-12-14-23(15-13-22)24-16-18-26(19-17-24)31-30(21(2)34-37-31)33-28-11-7-10-27(32-28)25-8-5-4-6-9-25/h4-19H,3,20H2,1-2H3,(H,32,33). The smallest absolute Gasteiger partial charge is 0.310 e. The molecule has 1 N–H and O–H groups in total. The van der Waals surface area contributed by atoms with Gasteiger partial charge in [0.15, 0.2) is 5.76 Å². The molecular formula is C31H27N3O3. The van der Waals surface area contributed by atoms with E-state index in [-0.39, 0.29) is 12.4 Å². The van der Waals surface area contributed by atoms with Crippen molar-refractivity contribution < 1.29 is 14.1 Å². The van der Waals surface area contributed by atoms with Crippen LogP contribution in [0.3, 0.4) is 0 Å². The van der Waals surface area contributed by atoms with Crippen molar-refractivity contribution in [2.75, 3.05) is 11.9 Å². The van der Waals surface area contributed by atoms with E-state index in [0.29, 0.717) is 18.2 Å². The second-order valence-corrected chi connectivity index (χ2v) is 8.63. The van der Waals surface area contributed by atoms with Crippen molar-refractivity contribution in [1.82, 2.24) is 10.1 Å². The average molecular weight is 490 g/mol. The normalized spacial score (nSPS) is 10.8. The molecule has 0 aliphatic heterocycles. The molecule has 0 unspecified atom stereocenters. The predicted molar refractivity (Wildman–Crippen MR) is 145 cm³/mol. The molecule has 5 aromatic rings. The first-order valence-electron chi connectivity index (χ1n) is 12.2. The van der Waals surface area contributed by atoms with E-state index in [1.807, 2.05) is 111 Å². The molecule has 0 spiro atoms. The van der Waals surface area contributed by atoms with Gasteiger partial charge in [-0.3, -0.25) is 4.79 Å². The molecule has 2 heterocycles. The highest BCUT2D eigenvalue weighted by molar-refractivity contribution is 5.79. The van der Waals surface area contributed by atoms with Gasteiger partial charge in [-0.25, -0.2) is 4.98 Å². The fourth-order valence-corrected chi connectivity index (χ4v) is 4.12. The van der Waals surface area contributed by atoms with E-state index in [0.717, 1.165) is 44.9 Å². The summed E-state index contributed by atoms with van der Waals surface area (Å²) in [4.78, 5) is 16.5.